The van der Waals surface area contributed by atoms with Crippen molar-refractivity contribution in [3.8, 4) is 0 Å². The Hall–Kier alpha value is -1.17. The lowest BCUT2D eigenvalue weighted by atomic mass is 9.67. The number of amides is 3. The van der Waals surface area contributed by atoms with E-state index >= 15 is 0 Å². The van der Waals surface area contributed by atoms with E-state index in [1.165, 1.54) is 4.90 Å². The second-order valence-corrected chi connectivity index (χ2v) is 6.23. The quantitative estimate of drug-likeness (QED) is 0.606. The molecule has 106 valence electrons. The average molecular weight is 283 g/mol. The third-order valence-corrected chi connectivity index (χ3v) is 4.77. The Balaban J connectivity index is 2.22. The lowest BCUT2D eigenvalue weighted by Gasteiger charge is -2.42. The van der Waals surface area contributed by atoms with Gasteiger partial charge in [-0.25, -0.2) is 4.79 Å². The van der Waals surface area contributed by atoms with Crippen LogP contribution < -0.4 is 11.1 Å². The highest BCUT2D eigenvalue weighted by molar-refractivity contribution is 7.80. The van der Waals surface area contributed by atoms with E-state index in [4.69, 9.17) is 18.0 Å². The highest BCUT2D eigenvalue weighted by Gasteiger charge is 2.58. The van der Waals surface area contributed by atoms with Gasteiger partial charge in [-0.3, -0.25) is 9.69 Å². The van der Waals surface area contributed by atoms with Gasteiger partial charge in [0.25, 0.3) is 5.91 Å². The van der Waals surface area contributed by atoms with Crippen LogP contribution in [0.2, 0.25) is 0 Å². The van der Waals surface area contributed by atoms with Gasteiger partial charge in [-0.15, -0.1) is 0 Å². The van der Waals surface area contributed by atoms with Crippen molar-refractivity contribution in [3.63, 3.8) is 0 Å². The molecule has 1 aliphatic heterocycles. The molecule has 5 nitrogen and oxygen atoms in total. The third-order valence-electron chi connectivity index (χ3n) is 4.57. The zero-order valence-electron chi connectivity index (χ0n) is 11.4. The summed E-state index contributed by atoms with van der Waals surface area (Å²) < 4.78 is 0. The smallest absolute Gasteiger partial charge is 0.325 e. The fourth-order valence-corrected chi connectivity index (χ4v) is 3.47. The number of nitrogens with zero attached hydrogens (tertiary/aromatic N) is 1. The molecule has 2 rings (SSSR count). The first-order chi connectivity index (χ1) is 8.89. The van der Waals surface area contributed by atoms with Gasteiger partial charge in [0, 0.05) is 13.0 Å². The first-order valence-electron chi connectivity index (χ1n) is 6.82. The summed E-state index contributed by atoms with van der Waals surface area (Å²) in [6, 6.07) is -0.304. The van der Waals surface area contributed by atoms with Crippen molar-refractivity contribution in [2.75, 3.05) is 6.54 Å². The predicted octanol–water partition coefficient (Wildman–Crippen LogP) is 1.41. The molecule has 1 aliphatic carbocycles. The molecule has 1 saturated heterocycles. The molecule has 0 aromatic rings. The van der Waals surface area contributed by atoms with E-state index in [2.05, 4.69) is 5.32 Å². The summed E-state index contributed by atoms with van der Waals surface area (Å²) in [5.41, 5.74) is 4.73. The minimum Gasteiger partial charge on any atom is -0.393 e. The van der Waals surface area contributed by atoms with E-state index in [0.29, 0.717) is 11.4 Å². The summed E-state index contributed by atoms with van der Waals surface area (Å²) in [5, 5.41) is 2.95. The molecule has 2 aliphatic rings. The van der Waals surface area contributed by atoms with E-state index in [-0.39, 0.29) is 30.3 Å². The standard InChI is InChI=1S/C13H21N3O2S/c1-8-4-3-5-9(2)13(8)11(17)16(12(18)15-13)7-6-10(14)19/h8-9H,3-7H2,1-2H3,(H2,14,19)(H,15,18). The fraction of sp³-hybridized carbons (Fsp3) is 0.769. The second-order valence-electron chi connectivity index (χ2n) is 5.71. The number of nitrogens with one attached hydrogen (secondary N) is 1. The van der Waals surface area contributed by atoms with Crippen molar-refractivity contribution in [2.24, 2.45) is 17.6 Å². The molecule has 0 bridgehead atoms. The molecule has 2 fully saturated rings. The molecule has 3 N–H and O–H groups in total. The van der Waals surface area contributed by atoms with Gasteiger partial charge in [0.1, 0.15) is 5.54 Å². The largest absolute Gasteiger partial charge is 0.393 e. The summed E-state index contributed by atoms with van der Waals surface area (Å²) in [6.07, 6.45) is 3.44. The third kappa shape index (κ3) is 2.22. The number of nitrogens with two attached hydrogens (primary N) is 1. The Morgan fingerprint density at radius 1 is 1.42 bits per heavy atom. The summed E-state index contributed by atoms with van der Waals surface area (Å²) in [6.45, 7) is 4.37. The van der Waals surface area contributed by atoms with Crippen LogP contribution in [0.4, 0.5) is 4.79 Å². The number of thiocarbonyl (C=S) groups is 1. The van der Waals surface area contributed by atoms with Crippen LogP contribution in [0.3, 0.4) is 0 Å². The highest BCUT2D eigenvalue weighted by atomic mass is 32.1. The lowest BCUT2D eigenvalue weighted by Crippen LogP contribution is -2.58. The topological polar surface area (TPSA) is 75.4 Å². The molecule has 3 amide bonds. The van der Waals surface area contributed by atoms with Crippen LogP contribution in [0.5, 0.6) is 0 Å². The maximum atomic E-state index is 12.7. The number of imide groups is 1. The van der Waals surface area contributed by atoms with E-state index in [9.17, 15) is 9.59 Å². The van der Waals surface area contributed by atoms with Crippen LogP contribution in [0.1, 0.15) is 39.5 Å². The number of hydrogen-bond acceptors (Lipinski definition) is 3. The van der Waals surface area contributed by atoms with E-state index in [1.807, 2.05) is 13.8 Å². The zero-order chi connectivity index (χ0) is 14.2. The van der Waals surface area contributed by atoms with E-state index in [0.717, 1.165) is 19.3 Å². The second kappa shape index (κ2) is 5.07. The molecule has 0 aromatic heterocycles. The van der Waals surface area contributed by atoms with Crippen molar-refractivity contribution in [1.29, 1.82) is 0 Å². The molecule has 1 saturated carbocycles. The summed E-state index contributed by atoms with van der Waals surface area (Å²) in [4.78, 5) is 26.4. The fourth-order valence-electron chi connectivity index (χ4n) is 3.38. The first-order valence-corrected chi connectivity index (χ1v) is 7.22. The van der Waals surface area contributed by atoms with Crippen LogP contribution in [-0.2, 0) is 4.79 Å². The summed E-state index contributed by atoms with van der Waals surface area (Å²) in [5.74, 6) is 0.235. The van der Waals surface area contributed by atoms with E-state index < -0.39 is 5.54 Å². The van der Waals surface area contributed by atoms with Crippen LogP contribution in [0, 0.1) is 11.8 Å². The number of carbonyl (C=O) groups excluding carboxylic acids is 2. The molecular formula is C13H21N3O2S. The van der Waals surface area contributed by atoms with Gasteiger partial charge in [-0.05, 0) is 24.7 Å². The van der Waals surface area contributed by atoms with Gasteiger partial charge in [0.05, 0.1) is 4.99 Å². The first kappa shape index (κ1) is 14.2. The molecule has 6 heteroatoms. The molecule has 2 atom stereocenters. The Bertz CT molecular complexity index is 414. The van der Waals surface area contributed by atoms with Crippen molar-refractivity contribution in [2.45, 2.75) is 45.1 Å². The minimum absolute atomic E-state index is 0.103. The normalized spacial score (nSPS) is 34.7. The summed E-state index contributed by atoms with van der Waals surface area (Å²) >= 11 is 4.81. The number of hydrogen-bond donors (Lipinski definition) is 2. The zero-order valence-corrected chi connectivity index (χ0v) is 12.3. The number of urea groups is 1. The van der Waals surface area contributed by atoms with Gasteiger partial charge < -0.3 is 11.1 Å². The van der Waals surface area contributed by atoms with Gasteiger partial charge in [0.2, 0.25) is 0 Å². The molecule has 0 radical (unpaired) electrons. The van der Waals surface area contributed by atoms with Gasteiger partial charge in [0.15, 0.2) is 0 Å². The molecule has 19 heavy (non-hydrogen) atoms. The van der Waals surface area contributed by atoms with Crippen LogP contribution in [0.25, 0.3) is 0 Å². The molecule has 1 heterocycles. The maximum absolute atomic E-state index is 12.7. The van der Waals surface area contributed by atoms with Crippen molar-refractivity contribution < 1.29 is 9.59 Å². The highest BCUT2D eigenvalue weighted by Crippen LogP contribution is 2.42. The Kier molecular flexibility index (Phi) is 3.80. The van der Waals surface area contributed by atoms with Crippen molar-refractivity contribution in [1.82, 2.24) is 10.2 Å². The molecule has 1 spiro atoms. The molecular weight excluding hydrogens is 262 g/mol. The molecule has 2 unspecified atom stereocenters. The van der Waals surface area contributed by atoms with E-state index in [1.54, 1.807) is 0 Å². The Morgan fingerprint density at radius 3 is 2.53 bits per heavy atom. The lowest BCUT2D eigenvalue weighted by molar-refractivity contribution is -0.136. The predicted molar refractivity (Wildman–Crippen MR) is 76.6 cm³/mol. The average Bonchev–Trinajstić information content (AvgIpc) is 2.57. The minimum atomic E-state index is -0.717. The molecule has 0 aromatic carbocycles. The maximum Gasteiger partial charge on any atom is 0.325 e. The number of carbonyl (C=O) groups is 2. The van der Waals surface area contributed by atoms with Crippen LogP contribution in [-0.4, -0.2) is 33.9 Å². The van der Waals surface area contributed by atoms with Crippen LogP contribution >= 0.6 is 12.2 Å². The SMILES string of the molecule is CC1CCCC(C)C12NC(=O)N(CCC(N)=S)C2=O. The number of rotatable bonds is 3. The Morgan fingerprint density at radius 2 is 2.00 bits per heavy atom. The van der Waals surface area contributed by atoms with Gasteiger partial charge in [-0.1, -0.05) is 32.5 Å². The Labute approximate surface area is 118 Å². The summed E-state index contributed by atoms with van der Waals surface area (Å²) in [7, 11) is 0. The van der Waals surface area contributed by atoms with Crippen molar-refractivity contribution in [3.05, 3.63) is 0 Å². The monoisotopic (exact) mass is 283 g/mol. The van der Waals surface area contributed by atoms with Crippen LogP contribution in [0.15, 0.2) is 0 Å². The van der Waals surface area contributed by atoms with Gasteiger partial charge in [-0.2, -0.15) is 0 Å². The van der Waals surface area contributed by atoms with Crippen molar-refractivity contribution >= 4 is 29.1 Å². The van der Waals surface area contributed by atoms with Gasteiger partial charge >= 0.3 is 6.03 Å².